The zero-order valence-corrected chi connectivity index (χ0v) is 7.95. The Kier molecular flexibility index (Phi) is 2.08. The largest absolute Gasteiger partial charge is 0.383 e. The number of pyridine rings is 1. The van der Waals surface area contributed by atoms with Crippen LogP contribution in [0.2, 0.25) is 0 Å². The molecule has 1 fully saturated rings. The van der Waals surface area contributed by atoms with E-state index in [-0.39, 0.29) is 0 Å². The monoisotopic (exact) mass is 177 g/mol. The molecule has 0 saturated carbocycles. The van der Waals surface area contributed by atoms with E-state index in [0.29, 0.717) is 5.82 Å². The van der Waals surface area contributed by atoms with Crippen LogP contribution < -0.4 is 10.6 Å². The number of anilines is 2. The van der Waals surface area contributed by atoms with Crippen molar-refractivity contribution in [2.24, 2.45) is 0 Å². The smallest absolute Gasteiger partial charge is 0.126 e. The molecule has 0 spiro atoms. The molecule has 70 valence electrons. The Hall–Kier alpha value is -1.25. The molecule has 2 N–H and O–H groups in total. The number of hydrogen-bond acceptors (Lipinski definition) is 3. The van der Waals surface area contributed by atoms with Crippen LogP contribution in [0.4, 0.5) is 11.5 Å². The average molecular weight is 177 g/mol. The predicted molar refractivity (Wildman–Crippen MR) is 54.8 cm³/mol. The number of rotatable bonds is 1. The fourth-order valence-electron chi connectivity index (χ4n) is 1.72. The molecule has 0 aromatic carbocycles. The van der Waals surface area contributed by atoms with Crippen molar-refractivity contribution in [2.75, 3.05) is 23.7 Å². The van der Waals surface area contributed by atoms with Crippen LogP contribution in [-0.2, 0) is 0 Å². The molecular weight excluding hydrogens is 162 g/mol. The van der Waals surface area contributed by atoms with E-state index in [2.05, 4.69) is 16.0 Å². The molecule has 1 saturated heterocycles. The van der Waals surface area contributed by atoms with Crippen molar-refractivity contribution in [1.29, 1.82) is 0 Å². The quantitative estimate of drug-likeness (QED) is 0.708. The highest BCUT2D eigenvalue weighted by Crippen LogP contribution is 2.21. The molecular formula is C10H15N3. The average Bonchev–Trinajstić information content (AvgIpc) is 2.62. The van der Waals surface area contributed by atoms with Gasteiger partial charge in [0.2, 0.25) is 0 Å². The van der Waals surface area contributed by atoms with Gasteiger partial charge in [-0.15, -0.1) is 0 Å². The lowest BCUT2D eigenvalue weighted by Crippen LogP contribution is -2.18. The first-order chi connectivity index (χ1) is 6.27. The lowest BCUT2D eigenvalue weighted by Gasteiger charge is -2.17. The topological polar surface area (TPSA) is 42.2 Å². The van der Waals surface area contributed by atoms with E-state index in [1.165, 1.54) is 18.5 Å². The third-order valence-electron chi connectivity index (χ3n) is 2.58. The standard InChI is InChI=1S/C10H15N3/c1-8-6-9(7-12-10(8)11)13-4-2-3-5-13/h6-7H,2-5H2,1H3,(H2,11,12). The molecule has 13 heavy (non-hydrogen) atoms. The normalized spacial score (nSPS) is 16.5. The third kappa shape index (κ3) is 1.59. The highest BCUT2D eigenvalue weighted by molar-refractivity contribution is 5.53. The van der Waals surface area contributed by atoms with Crippen molar-refractivity contribution in [3.05, 3.63) is 17.8 Å². The number of aryl methyl sites for hydroxylation is 1. The number of nitrogen functional groups attached to an aromatic ring is 1. The van der Waals surface area contributed by atoms with Crippen LogP contribution in [0.1, 0.15) is 18.4 Å². The molecule has 0 radical (unpaired) electrons. The predicted octanol–water partition coefficient (Wildman–Crippen LogP) is 1.57. The molecule has 0 bridgehead atoms. The Labute approximate surface area is 78.6 Å². The van der Waals surface area contributed by atoms with Gasteiger partial charge in [0.15, 0.2) is 0 Å². The van der Waals surface area contributed by atoms with E-state index >= 15 is 0 Å². The fourth-order valence-corrected chi connectivity index (χ4v) is 1.72. The molecule has 2 rings (SSSR count). The second kappa shape index (κ2) is 3.24. The van der Waals surface area contributed by atoms with E-state index in [0.717, 1.165) is 18.7 Å². The van der Waals surface area contributed by atoms with Crippen LogP contribution in [0.3, 0.4) is 0 Å². The van der Waals surface area contributed by atoms with Crippen molar-refractivity contribution in [3.8, 4) is 0 Å². The SMILES string of the molecule is Cc1cc(N2CCCC2)cnc1N. The highest BCUT2D eigenvalue weighted by atomic mass is 15.1. The molecule has 0 atom stereocenters. The molecule has 0 amide bonds. The van der Waals surface area contributed by atoms with Gasteiger partial charge in [0.05, 0.1) is 11.9 Å². The van der Waals surface area contributed by atoms with Gasteiger partial charge >= 0.3 is 0 Å². The molecule has 2 heterocycles. The summed E-state index contributed by atoms with van der Waals surface area (Å²) >= 11 is 0. The van der Waals surface area contributed by atoms with E-state index in [1.807, 2.05) is 13.1 Å². The van der Waals surface area contributed by atoms with Crippen LogP contribution >= 0.6 is 0 Å². The first kappa shape index (κ1) is 8.35. The molecule has 3 nitrogen and oxygen atoms in total. The van der Waals surface area contributed by atoms with Gasteiger partial charge in [0, 0.05) is 13.1 Å². The first-order valence-electron chi connectivity index (χ1n) is 4.74. The van der Waals surface area contributed by atoms with Gasteiger partial charge in [0.25, 0.3) is 0 Å². The van der Waals surface area contributed by atoms with Gasteiger partial charge in [-0.05, 0) is 31.4 Å². The summed E-state index contributed by atoms with van der Waals surface area (Å²) in [5.41, 5.74) is 7.94. The Morgan fingerprint density at radius 3 is 2.69 bits per heavy atom. The molecule has 1 aliphatic heterocycles. The molecule has 1 aliphatic rings. The number of nitrogens with two attached hydrogens (primary N) is 1. The lowest BCUT2D eigenvalue weighted by atomic mass is 10.2. The number of aromatic nitrogens is 1. The van der Waals surface area contributed by atoms with Gasteiger partial charge < -0.3 is 10.6 Å². The van der Waals surface area contributed by atoms with Crippen molar-refractivity contribution >= 4 is 11.5 Å². The Morgan fingerprint density at radius 2 is 2.08 bits per heavy atom. The maximum Gasteiger partial charge on any atom is 0.126 e. The lowest BCUT2D eigenvalue weighted by molar-refractivity contribution is 0.949. The van der Waals surface area contributed by atoms with Crippen molar-refractivity contribution in [1.82, 2.24) is 4.98 Å². The Balaban J connectivity index is 2.25. The molecule has 1 aromatic rings. The Morgan fingerprint density at radius 1 is 1.38 bits per heavy atom. The van der Waals surface area contributed by atoms with Gasteiger partial charge in [-0.3, -0.25) is 0 Å². The summed E-state index contributed by atoms with van der Waals surface area (Å²) in [6, 6.07) is 2.12. The van der Waals surface area contributed by atoms with Gasteiger partial charge in [-0.2, -0.15) is 0 Å². The molecule has 0 aliphatic carbocycles. The number of hydrogen-bond donors (Lipinski definition) is 1. The summed E-state index contributed by atoms with van der Waals surface area (Å²) in [4.78, 5) is 6.52. The summed E-state index contributed by atoms with van der Waals surface area (Å²) in [5.74, 6) is 0.642. The summed E-state index contributed by atoms with van der Waals surface area (Å²) < 4.78 is 0. The second-order valence-electron chi connectivity index (χ2n) is 3.59. The zero-order valence-electron chi connectivity index (χ0n) is 7.95. The van der Waals surface area contributed by atoms with Crippen LogP contribution in [-0.4, -0.2) is 18.1 Å². The van der Waals surface area contributed by atoms with E-state index in [9.17, 15) is 0 Å². The van der Waals surface area contributed by atoms with Crippen molar-refractivity contribution < 1.29 is 0 Å². The zero-order chi connectivity index (χ0) is 9.26. The van der Waals surface area contributed by atoms with Crippen molar-refractivity contribution in [3.63, 3.8) is 0 Å². The highest BCUT2D eigenvalue weighted by Gasteiger charge is 2.12. The van der Waals surface area contributed by atoms with Crippen molar-refractivity contribution in [2.45, 2.75) is 19.8 Å². The maximum absolute atomic E-state index is 5.66. The summed E-state index contributed by atoms with van der Waals surface area (Å²) in [6.07, 6.45) is 4.46. The fraction of sp³-hybridized carbons (Fsp3) is 0.500. The van der Waals surface area contributed by atoms with Crippen LogP contribution in [0, 0.1) is 6.92 Å². The summed E-state index contributed by atoms with van der Waals surface area (Å²) in [5, 5.41) is 0. The maximum atomic E-state index is 5.66. The van der Waals surface area contributed by atoms with Gasteiger partial charge in [-0.1, -0.05) is 0 Å². The van der Waals surface area contributed by atoms with Gasteiger partial charge in [-0.25, -0.2) is 4.98 Å². The summed E-state index contributed by atoms with van der Waals surface area (Å²) in [7, 11) is 0. The van der Waals surface area contributed by atoms with Crippen LogP contribution in [0.5, 0.6) is 0 Å². The van der Waals surface area contributed by atoms with Crippen LogP contribution in [0.15, 0.2) is 12.3 Å². The number of nitrogens with zero attached hydrogens (tertiary/aromatic N) is 2. The minimum absolute atomic E-state index is 0.642. The Bertz CT molecular complexity index is 303. The third-order valence-corrected chi connectivity index (χ3v) is 2.58. The van der Waals surface area contributed by atoms with Gasteiger partial charge in [0.1, 0.15) is 5.82 Å². The second-order valence-corrected chi connectivity index (χ2v) is 3.59. The minimum atomic E-state index is 0.642. The minimum Gasteiger partial charge on any atom is -0.383 e. The molecule has 3 heteroatoms. The molecule has 0 unspecified atom stereocenters. The van der Waals surface area contributed by atoms with E-state index in [4.69, 9.17) is 5.73 Å². The van der Waals surface area contributed by atoms with E-state index in [1.54, 1.807) is 0 Å². The first-order valence-corrected chi connectivity index (χ1v) is 4.74. The molecule has 1 aromatic heterocycles. The summed E-state index contributed by atoms with van der Waals surface area (Å²) in [6.45, 7) is 4.32. The van der Waals surface area contributed by atoms with Crippen LogP contribution in [0.25, 0.3) is 0 Å². The van der Waals surface area contributed by atoms with E-state index < -0.39 is 0 Å².